The van der Waals surface area contributed by atoms with Crippen molar-refractivity contribution in [2.45, 2.75) is 44.2 Å². The van der Waals surface area contributed by atoms with Gasteiger partial charge in [-0.3, -0.25) is 14.3 Å². The van der Waals surface area contributed by atoms with Crippen molar-refractivity contribution in [1.29, 1.82) is 0 Å². The minimum atomic E-state index is -0.836. The predicted octanol–water partition coefficient (Wildman–Crippen LogP) is 0.264. The Morgan fingerprint density at radius 1 is 1.41 bits per heavy atom. The van der Waals surface area contributed by atoms with E-state index in [1.54, 1.807) is 13.8 Å². The molecule has 1 aromatic heterocycles. The fourth-order valence-electron chi connectivity index (χ4n) is 2.77. The largest absolute Gasteiger partial charge is 0.349 e. The van der Waals surface area contributed by atoms with Gasteiger partial charge in [-0.25, -0.2) is 4.79 Å². The Balaban J connectivity index is 1.96. The second-order valence-electron chi connectivity index (χ2n) is 5.56. The molecule has 2 fully saturated rings. The average Bonchev–Trinajstić information content (AvgIpc) is 2.91. The number of aromatic amines is 1. The van der Waals surface area contributed by atoms with Crippen LogP contribution in [0.25, 0.3) is 10.4 Å². The highest BCUT2D eigenvalue weighted by Gasteiger charge is 2.55. The lowest BCUT2D eigenvalue weighted by Crippen LogP contribution is -2.37. The van der Waals surface area contributed by atoms with Crippen LogP contribution in [0.2, 0.25) is 0 Å². The van der Waals surface area contributed by atoms with E-state index in [2.05, 4.69) is 15.0 Å². The molecule has 3 rings (SSSR count). The molecule has 2 aliphatic rings. The van der Waals surface area contributed by atoms with Crippen molar-refractivity contribution in [2.75, 3.05) is 6.54 Å². The second-order valence-corrected chi connectivity index (χ2v) is 5.56. The van der Waals surface area contributed by atoms with Crippen LogP contribution in [0.1, 0.15) is 20.1 Å². The SMILES string of the molecule is CC1(C)O[C@@H]2[C@H](O1)[C@@H](CN=[N+]=[N-])O[C@H]2n1ccc(=O)[nH]c1=O. The molecule has 1 N–H and O–H groups in total. The molecule has 0 saturated carbocycles. The van der Waals surface area contributed by atoms with Gasteiger partial charge in [-0.05, 0) is 19.4 Å². The first-order valence-electron chi connectivity index (χ1n) is 6.75. The Morgan fingerprint density at radius 3 is 2.82 bits per heavy atom. The molecule has 2 aliphatic heterocycles. The van der Waals surface area contributed by atoms with Crippen LogP contribution in [0.5, 0.6) is 0 Å². The van der Waals surface area contributed by atoms with Crippen molar-refractivity contribution < 1.29 is 14.2 Å². The summed E-state index contributed by atoms with van der Waals surface area (Å²) in [5, 5.41) is 3.50. The van der Waals surface area contributed by atoms with E-state index >= 15 is 0 Å². The molecule has 0 radical (unpaired) electrons. The van der Waals surface area contributed by atoms with Crippen LogP contribution in [-0.4, -0.2) is 40.2 Å². The quantitative estimate of drug-likeness (QED) is 0.486. The number of hydrogen-bond acceptors (Lipinski definition) is 6. The summed E-state index contributed by atoms with van der Waals surface area (Å²) in [6.07, 6.45) is -0.976. The highest BCUT2D eigenvalue weighted by atomic mass is 16.8. The monoisotopic (exact) mass is 309 g/mol. The van der Waals surface area contributed by atoms with Crippen LogP contribution in [0.15, 0.2) is 27.0 Å². The van der Waals surface area contributed by atoms with E-state index in [0.29, 0.717) is 0 Å². The summed E-state index contributed by atoms with van der Waals surface area (Å²) < 4.78 is 18.6. The third-order valence-corrected chi connectivity index (χ3v) is 3.58. The van der Waals surface area contributed by atoms with Crippen molar-refractivity contribution in [2.24, 2.45) is 5.11 Å². The van der Waals surface area contributed by atoms with E-state index in [0.717, 1.165) is 0 Å². The van der Waals surface area contributed by atoms with E-state index in [1.807, 2.05) is 0 Å². The third-order valence-electron chi connectivity index (χ3n) is 3.58. The maximum Gasteiger partial charge on any atom is 0.330 e. The third kappa shape index (κ3) is 2.53. The molecule has 118 valence electrons. The molecule has 0 amide bonds. The van der Waals surface area contributed by atoms with Gasteiger partial charge in [0.25, 0.3) is 5.56 Å². The second kappa shape index (κ2) is 5.25. The van der Waals surface area contributed by atoms with Crippen LogP contribution < -0.4 is 11.2 Å². The number of azide groups is 1. The lowest BCUT2D eigenvalue weighted by atomic mass is 10.1. The van der Waals surface area contributed by atoms with Crippen LogP contribution in [0.4, 0.5) is 0 Å². The molecule has 0 aromatic carbocycles. The van der Waals surface area contributed by atoms with E-state index in [-0.39, 0.29) is 6.54 Å². The molecule has 1 aromatic rings. The Hall–Kier alpha value is -2.13. The molecule has 22 heavy (non-hydrogen) atoms. The molecule has 10 nitrogen and oxygen atoms in total. The molecule has 2 saturated heterocycles. The number of ether oxygens (including phenoxy) is 3. The highest BCUT2D eigenvalue weighted by molar-refractivity contribution is 4.99. The summed E-state index contributed by atoms with van der Waals surface area (Å²) in [5.41, 5.74) is 7.37. The average molecular weight is 309 g/mol. The van der Waals surface area contributed by atoms with Crippen molar-refractivity contribution in [3.63, 3.8) is 0 Å². The van der Waals surface area contributed by atoms with Gasteiger partial charge in [0.1, 0.15) is 12.2 Å². The van der Waals surface area contributed by atoms with Crippen LogP contribution in [0, 0.1) is 0 Å². The molecular weight excluding hydrogens is 294 g/mol. The molecule has 0 bridgehead atoms. The first kappa shape index (κ1) is 14.8. The van der Waals surface area contributed by atoms with Crippen molar-refractivity contribution in [3.05, 3.63) is 43.5 Å². The minimum absolute atomic E-state index is 0.0612. The Labute approximate surface area is 124 Å². The zero-order valence-corrected chi connectivity index (χ0v) is 12.0. The molecule has 0 aliphatic carbocycles. The van der Waals surface area contributed by atoms with Gasteiger partial charge in [-0.1, -0.05) is 5.11 Å². The summed E-state index contributed by atoms with van der Waals surface area (Å²) in [4.78, 5) is 28.0. The number of nitrogens with one attached hydrogen (secondary N) is 1. The number of aromatic nitrogens is 2. The van der Waals surface area contributed by atoms with Gasteiger partial charge in [0.2, 0.25) is 0 Å². The van der Waals surface area contributed by atoms with E-state index in [9.17, 15) is 9.59 Å². The normalized spacial score (nSPS) is 32.5. The van der Waals surface area contributed by atoms with Gasteiger partial charge in [0, 0.05) is 17.2 Å². The van der Waals surface area contributed by atoms with Crippen LogP contribution in [0.3, 0.4) is 0 Å². The number of rotatable bonds is 3. The molecular formula is C12H15N5O5. The lowest BCUT2D eigenvalue weighted by molar-refractivity contribution is -0.196. The maximum absolute atomic E-state index is 11.9. The maximum atomic E-state index is 11.9. The van der Waals surface area contributed by atoms with Crippen molar-refractivity contribution >= 4 is 0 Å². The van der Waals surface area contributed by atoms with Gasteiger partial charge < -0.3 is 14.2 Å². The number of hydrogen-bond donors (Lipinski definition) is 1. The zero-order valence-electron chi connectivity index (χ0n) is 12.0. The van der Waals surface area contributed by atoms with Gasteiger partial charge >= 0.3 is 5.69 Å². The molecule has 4 atom stereocenters. The molecule has 0 unspecified atom stereocenters. The smallest absolute Gasteiger partial charge is 0.330 e. The summed E-state index contributed by atoms with van der Waals surface area (Å²) in [6.45, 7) is 3.57. The number of nitrogens with zero attached hydrogens (tertiary/aromatic N) is 4. The van der Waals surface area contributed by atoms with Crippen molar-refractivity contribution in [3.8, 4) is 0 Å². The van der Waals surface area contributed by atoms with E-state index < -0.39 is 41.6 Å². The number of fused-ring (bicyclic) bond motifs is 1. The standard InChI is InChI=1S/C12H15N5O5/c1-12(2)21-8-6(5-14-16-13)20-10(9(8)22-12)17-4-3-7(18)15-11(17)19/h3-4,6,8-10H,5H2,1-2H3,(H,15,18,19)/t6-,8-,9-,10-/m1/s1. The van der Waals surface area contributed by atoms with Gasteiger partial charge in [-0.15, -0.1) is 0 Å². The Kier molecular flexibility index (Phi) is 3.53. The predicted molar refractivity (Wildman–Crippen MR) is 73.1 cm³/mol. The van der Waals surface area contributed by atoms with Crippen LogP contribution >= 0.6 is 0 Å². The van der Waals surface area contributed by atoms with Gasteiger partial charge in [-0.2, -0.15) is 0 Å². The first-order valence-corrected chi connectivity index (χ1v) is 6.75. The minimum Gasteiger partial charge on any atom is -0.349 e. The van der Waals surface area contributed by atoms with Gasteiger partial charge in [0.05, 0.1) is 12.6 Å². The summed E-state index contributed by atoms with van der Waals surface area (Å²) in [7, 11) is 0. The first-order chi connectivity index (χ1) is 10.4. The molecule has 3 heterocycles. The Bertz CT molecular complexity index is 734. The zero-order chi connectivity index (χ0) is 15.9. The fraction of sp³-hybridized carbons (Fsp3) is 0.667. The summed E-state index contributed by atoms with van der Waals surface area (Å²) >= 11 is 0. The summed E-state index contributed by atoms with van der Waals surface area (Å²) in [6, 6.07) is 1.22. The van der Waals surface area contributed by atoms with Gasteiger partial charge in [0.15, 0.2) is 12.0 Å². The fourth-order valence-corrected chi connectivity index (χ4v) is 2.77. The Morgan fingerprint density at radius 2 is 2.14 bits per heavy atom. The van der Waals surface area contributed by atoms with E-state index in [1.165, 1.54) is 16.8 Å². The highest BCUT2D eigenvalue weighted by Crippen LogP contribution is 2.42. The lowest BCUT2D eigenvalue weighted by Gasteiger charge is -2.24. The number of H-pyrrole nitrogens is 1. The van der Waals surface area contributed by atoms with Crippen molar-refractivity contribution in [1.82, 2.24) is 9.55 Å². The van der Waals surface area contributed by atoms with Crippen LogP contribution in [-0.2, 0) is 14.2 Å². The van der Waals surface area contributed by atoms with E-state index in [4.69, 9.17) is 19.7 Å². The summed E-state index contributed by atoms with van der Waals surface area (Å²) in [5.74, 6) is -0.836. The topological polar surface area (TPSA) is 131 Å². The molecule has 10 heteroatoms. The molecule has 0 spiro atoms.